The summed E-state index contributed by atoms with van der Waals surface area (Å²) in [6.07, 6.45) is 1.66. The van der Waals surface area contributed by atoms with Gasteiger partial charge in [0.2, 0.25) is 11.7 Å². The van der Waals surface area contributed by atoms with E-state index in [1.165, 1.54) is 19.0 Å². The summed E-state index contributed by atoms with van der Waals surface area (Å²) in [7, 11) is 3.06. The largest absolute Gasteiger partial charge is 0.507 e. The summed E-state index contributed by atoms with van der Waals surface area (Å²) in [6, 6.07) is 1.38. The Morgan fingerprint density at radius 2 is 1.92 bits per heavy atom. The first-order valence-corrected chi connectivity index (χ1v) is 12.7. The van der Waals surface area contributed by atoms with Crippen molar-refractivity contribution in [3.8, 4) is 11.8 Å². The lowest BCUT2D eigenvalue weighted by Crippen LogP contribution is -2.65. The first kappa shape index (κ1) is 26.8. The molecule has 0 radical (unpaired) electrons. The zero-order valence-electron chi connectivity index (χ0n) is 21.5. The number of likely N-dealkylation sites (N-methyl/N-ethyl adjacent to an activating group) is 1. The van der Waals surface area contributed by atoms with Crippen LogP contribution in [0, 0.1) is 29.0 Å². The van der Waals surface area contributed by atoms with E-state index in [4.69, 9.17) is 0 Å². The highest BCUT2D eigenvalue weighted by Gasteiger charge is 2.63. The molecule has 4 aliphatic rings. The molecule has 5 N–H and O–H groups in total. The molecule has 12 heteroatoms. The fourth-order valence-electron chi connectivity index (χ4n) is 6.56. The number of phenols is 1. The second-order valence-electron chi connectivity index (χ2n) is 10.8. The topological polar surface area (TPSA) is 174 Å². The number of nitrogens with one attached hydrogen (secondary N) is 1. The zero-order chi connectivity index (χ0) is 28.4. The molecule has 1 heterocycles. The fourth-order valence-corrected chi connectivity index (χ4v) is 6.56. The third-order valence-corrected chi connectivity index (χ3v) is 8.37. The maximum atomic E-state index is 15.3. The summed E-state index contributed by atoms with van der Waals surface area (Å²) in [4.78, 5) is 42.6. The van der Waals surface area contributed by atoms with Gasteiger partial charge in [-0.05, 0) is 58.8 Å². The number of nitrogens with zero attached hydrogens (tertiary/aromatic N) is 3. The van der Waals surface area contributed by atoms with Gasteiger partial charge in [0, 0.05) is 23.1 Å². The monoisotopic (exact) mass is 540 g/mol. The van der Waals surface area contributed by atoms with Crippen molar-refractivity contribution in [2.24, 2.45) is 11.8 Å². The standard InChI is InChI=1S/C27H29FN4O7/c1-31(2)21-15-8-12-7-13-16(28)9-17(30-18(33)11-32-5-3-4-6-32)23(35)20(13)24(36)19(12)26(38)27(15,39)25(37)14(10-29)22(21)34/h9,12,15,21,35-37,39H,3-8,11H2,1-2H3,(H,30,33)/t12-,15-,21-,27+/m0/s1. The Kier molecular flexibility index (Phi) is 6.49. The number of ketones is 2. The molecule has 1 saturated heterocycles. The van der Waals surface area contributed by atoms with Crippen LogP contribution < -0.4 is 5.32 Å². The van der Waals surface area contributed by atoms with E-state index in [1.54, 1.807) is 6.07 Å². The van der Waals surface area contributed by atoms with Gasteiger partial charge in [-0.1, -0.05) is 0 Å². The molecule has 1 amide bonds. The van der Waals surface area contributed by atoms with Crippen molar-refractivity contribution >= 4 is 28.9 Å². The molecule has 5 rings (SSSR count). The molecule has 2 fully saturated rings. The SMILES string of the molecule is CN(C)[C@@H]1C(=O)C(C#N)=C(O)[C@@]2(O)C(=O)C3=C(O)c4c(O)c(NC(=O)CN5CCCC5)cc(F)c4C[C@H]3C[C@@H]12. The number of amides is 1. The van der Waals surface area contributed by atoms with Crippen molar-refractivity contribution in [3.05, 3.63) is 39.9 Å². The highest BCUT2D eigenvalue weighted by molar-refractivity contribution is 6.15. The van der Waals surface area contributed by atoms with Gasteiger partial charge in [0.1, 0.15) is 23.2 Å². The number of aliphatic hydroxyl groups is 3. The zero-order valence-corrected chi connectivity index (χ0v) is 21.5. The highest BCUT2D eigenvalue weighted by Crippen LogP contribution is 2.53. The third-order valence-electron chi connectivity index (χ3n) is 8.37. The lowest BCUT2D eigenvalue weighted by molar-refractivity contribution is -0.153. The van der Waals surface area contributed by atoms with Crippen molar-refractivity contribution in [1.29, 1.82) is 5.26 Å². The molecule has 1 aliphatic heterocycles. The van der Waals surface area contributed by atoms with E-state index in [2.05, 4.69) is 5.32 Å². The normalized spacial score (nSPS) is 28.8. The lowest BCUT2D eigenvalue weighted by atomic mass is 9.57. The molecule has 0 bridgehead atoms. The van der Waals surface area contributed by atoms with Crippen molar-refractivity contribution in [2.75, 3.05) is 39.0 Å². The van der Waals surface area contributed by atoms with Crippen LogP contribution in [0.1, 0.15) is 30.4 Å². The predicted octanol–water partition coefficient (Wildman–Crippen LogP) is 1.18. The number of carbonyl (C=O) groups is 3. The summed E-state index contributed by atoms with van der Waals surface area (Å²) in [6.45, 7) is 1.53. The minimum Gasteiger partial charge on any atom is -0.507 e. The van der Waals surface area contributed by atoms with Gasteiger partial charge in [-0.25, -0.2) is 4.39 Å². The first-order valence-electron chi connectivity index (χ1n) is 12.7. The molecule has 4 atom stereocenters. The maximum Gasteiger partial charge on any atom is 0.238 e. The second kappa shape index (κ2) is 9.44. The Hall–Kier alpha value is -3.79. The number of fused-ring (bicyclic) bond motifs is 3. The minimum absolute atomic E-state index is 0.0405. The molecule has 1 aromatic rings. The summed E-state index contributed by atoms with van der Waals surface area (Å²) >= 11 is 0. The van der Waals surface area contributed by atoms with E-state index >= 15 is 4.39 Å². The molecule has 11 nitrogen and oxygen atoms in total. The first-order chi connectivity index (χ1) is 18.4. The molecular formula is C27H29FN4O7. The number of aliphatic hydroxyl groups excluding tert-OH is 2. The van der Waals surface area contributed by atoms with Crippen LogP contribution in [0.3, 0.4) is 0 Å². The number of anilines is 1. The number of rotatable bonds is 4. The van der Waals surface area contributed by atoms with Gasteiger partial charge in [0.05, 0.1) is 23.8 Å². The van der Waals surface area contributed by atoms with Gasteiger partial charge >= 0.3 is 0 Å². The number of nitriles is 1. The quantitative estimate of drug-likeness (QED) is 0.349. The van der Waals surface area contributed by atoms with Crippen LogP contribution in [0.2, 0.25) is 0 Å². The Labute approximate surface area is 223 Å². The Morgan fingerprint density at radius 1 is 1.26 bits per heavy atom. The number of aromatic hydroxyl groups is 1. The van der Waals surface area contributed by atoms with Gasteiger partial charge in [0.25, 0.3) is 0 Å². The van der Waals surface area contributed by atoms with E-state index < -0.39 is 75.2 Å². The number of Topliss-reactive ketones (excluding diaryl/α,β-unsaturated/α-hetero) is 2. The van der Waals surface area contributed by atoms with E-state index in [0.29, 0.717) is 0 Å². The van der Waals surface area contributed by atoms with Crippen LogP contribution >= 0.6 is 0 Å². The summed E-state index contributed by atoms with van der Waals surface area (Å²) < 4.78 is 15.3. The number of hydrogen-bond acceptors (Lipinski definition) is 10. The van der Waals surface area contributed by atoms with Crippen molar-refractivity contribution in [3.63, 3.8) is 0 Å². The number of carbonyl (C=O) groups excluding carboxylic acids is 3. The number of hydrogen-bond donors (Lipinski definition) is 5. The van der Waals surface area contributed by atoms with Gasteiger partial charge < -0.3 is 25.7 Å². The van der Waals surface area contributed by atoms with Crippen LogP contribution in [-0.4, -0.2) is 93.1 Å². The minimum atomic E-state index is -2.69. The molecule has 39 heavy (non-hydrogen) atoms. The Balaban J connectivity index is 1.59. The number of phenolic OH excluding ortho intramolecular Hbond substituents is 1. The van der Waals surface area contributed by atoms with E-state index in [-0.39, 0.29) is 36.2 Å². The summed E-state index contributed by atoms with van der Waals surface area (Å²) in [5, 5.41) is 56.5. The maximum absolute atomic E-state index is 15.3. The molecule has 1 aromatic carbocycles. The molecular weight excluding hydrogens is 511 g/mol. The second-order valence-corrected chi connectivity index (χ2v) is 10.8. The average Bonchev–Trinajstić information content (AvgIpc) is 3.37. The number of benzene rings is 1. The molecule has 1 saturated carbocycles. The van der Waals surface area contributed by atoms with Crippen LogP contribution in [0.4, 0.5) is 10.1 Å². The van der Waals surface area contributed by atoms with Crippen LogP contribution in [0.5, 0.6) is 5.75 Å². The Morgan fingerprint density at radius 3 is 2.54 bits per heavy atom. The molecule has 0 aromatic heterocycles. The van der Waals surface area contributed by atoms with Gasteiger partial charge in [0.15, 0.2) is 22.9 Å². The lowest BCUT2D eigenvalue weighted by Gasteiger charge is -2.49. The summed E-state index contributed by atoms with van der Waals surface area (Å²) in [5.41, 5.74) is -4.57. The predicted molar refractivity (Wildman–Crippen MR) is 135 cm³/mol. The number of halogens is 1. The van der Waals surface area contributed by atoms with Crippen molar-refractivity contribution in [1.82, 2.24) is 9.80 Å². The van der Waals surface area contributed by atoms with Crippen LogP contribution in [0.15, 0.2) is 23.0 Å². The van der Waals surface area contributed by atoms with Gasteiger partial charge in [-0.15, -0.1) is 0 Å². The summed E-state index contributed by atoms with van der Waals surface area (Å²) in [5.74, 6) is -7.78. The van der Waals surface area contributed by atoms with E-state index in [1.807, 2.05) is 4.90 Å². The van der Waals surface area contributed by atoms with Gasteiger partial charge in [-0.3, -0.25) is 24.2 Å². The van der Waals surface area contributed by atoms with Crippen LogP contribution in [0.25, 0.3) is 5.76 Å². The van der Waals surface area contributed by atoms with Gasteiger partial charge in [-0.2, -0.15) is 5.26 Å². The highest BCUT2D eigenvalue weighted by atomic mass is 19.1. The van der Waals surface area contributed by atoms with Crippen molar-refractivity contribution < 1.29 is 39.2 Å². The van der Waals surface area contributed by atoms with Crippen LogP contribution in [-0.2, 0) is 20.8 Å². The van der Waals surface area contributed by atoms with Crippen molar-refractivity contribution in [2.45, 2.75) is 37.3 Å². The smallest absolute Gasteiger partial charge is 0.238 e. The Bertz CT molecular complexity index is 1410. The molecule has 0 unspecified atom stereocenters. The average molecular weight is 541 g/mol. The molecule has 206 valence electrons. The number of likely N-dealkylation sites (tertiary alicyclic amines) is 1. The third kappa shape index (κ3) is 3.92. The fraction of sp³-hybridized carbons (Fsp3) is 0.481. The van der Waals surface area contributed by atoms with E-state index in [0.717, 1.165) is 32.0 Å². The molecule has 0 spiro atoms. The van der Waals surface area contributed by atoms with E-state index in [9.17, 15) is 40.1 Å². The molecule has 3 aliphatic carbocycles.